The van der Waals surface area contributed by atoms with Crippen molar-refractivity contribution in [3.63, 3.8) is 0 Å². The smallest absolute Gasteiger partial charge is 0.741 e. The van der Waals surface area contributed by atoms with Crippen molar-refractivity contribution in [2.24, 2.45) is 0 Å². The third-order valence-corrected chi connectivity index (χ3v) is 5.80. The van der Waals surface area contributed by atoms with Crippen molar-refractivity contribution < 1.29 is 78.5 Å². The maximum absolute atomic E-state index is 10.7. The van der Waals surface area contributed by atoms with Gasteiger partial charge in [0.15, 0.2) is 20.2 Å². The summed E-state index contributed by atoms with van der Waals surface area (Å²) in [4.78, 5) is 0. The number of hydrogen-bond donors (Lipinski definition) is 0. The van der Waals surface area contributed by atoms with Gasteiger partial charge in [0.25, 0.3) is 0 Å². The molecule has 0 heterocycles. The van der Waals surface area contributed by atoms with Gasteiger partial charge in [0.05, 0.1) is 0 Å². The Morgan fingerprint density at radius 2 is 0.795 bits per heavy atom. The fourth-order valence-corrected chi connectivity index (χ4v) is 2.67. The van der Waals surface area contributed by atoms with Crippen molar-refractivity contribution in [1.82, 2.24) is 0 Å². The van der Waals surface area contributed by atoms with E-state index < -0.39 is 31.3 Å². The van der Waals surface area contributed by atoms with Crippen molar-refractivity contribution in [2.75, 3.05) is 0 Å². The number of aryl methyl sites for hydroxylation is 2. The normalized spacial score (nSPS) is 11.5. The van der Waals surface area contributed by atoms with Crippen LogP contribution in [0.5, 0.6) is 0 Å². The first kappa shape index (κ1) is 42.5. The first-order valence-corrected chi connectivity index (χ1v) is 14.6. The molecule has 2 aromatic carbocycles. The van der Waals surface area contributed by atoms with Crippen LogP contribution in [-0.2, 0) is 59.3 Å². The van der Waals surface area contributed by atoms with Gasteiger partial charge in [-0.15, -0.1) is 0 Å². The van der Waals surface area contributed by atoms with Crippen molar-refractivity contribution in [1.29, 1.82) is 0 Å². The molecule has 0 aliphatic rings. The molecule has 2 aromatic rings. The molecule has 0 radical (unpaired) electrons. The Labute approximate surface area is 246 Å². The molecular formula is C24H34F6O6S2Zr. The summed E-state index contributed by atoms with van der Waals surface area (Å²) in [5.41, 5.74) is -8.29. The van der Waals surface area contributed by atoms with Gasteiger partial charge in [-0.05, 0) is 0 Å². The summed E-state index contributed by atoms with van der Waals surface area (Å²) in [6.45, 7) is 4.50. The van der Waals surface area contributed by atoms with E-state index in [0.717, 1.165) is 0 Å². The van der Waals surface area contributed by atoms with Crippen molar-refractivity contribution in [2.45, 2.75) is 89.1 Å². The zero-order valence-corrected chi connectivity index (χ0v) is 25.8. The number of unbranched alkanes of at least 4 members (excludes halogenated alkanes) is 6. The van der Waals surface area contributed by atoms with Crippen LogP contribution in [0.1, 0.15) is 76.3 Å². The average molecular weight is 688 g/mol. The molecule has 0 N–H and O–H groups in total. The maximum atomic E-state index is 10.7. The Morgan fingerprint density at radius 1 is 0.564 bits per heavy atom. The molecule has 0 unspecified atom stereocenters. The third-order valence-electron chi connectivity index (χ3n) is 4.67. The summed E-state index contributed by atoms with van der Waals surface area (Å²) in [7, 11) is -12.2. The predicted molar refractivity (Wildman–Crippen MR) is 131 cm³/mol. The molecule has 0 bridgehead atoms. The SMILES string of the molecule is CCCCCC[c-]1cccc1.CCCCCC[c-]1cccc1.O=S(=O)([O-])C(F)(F)F.O=S(=O)([O-])C(F)(F)F.[Zr+4]. The van der Waals surface area contributed by atoms with Crippen LogP contribution in [-0.4, -0.2) is 37.0 Å². The molecule has 0 saturated carbocycles. The van der Waals surface area contributed by atoms with Crippen molar-refractivity contribution in [3.05, 3.63) is 59.7 Å². The summed E-state index contributed by atoms with van der Waals surface area (Å²) < 4.78 is 118. The average Bonchev–Trinajstić information content (AvgIpc) is 3.47. The van der Waals surface area contributed by atoms with Gasteiger partial charge in [0, 0.05) is 0 Å². The van der Waals surface area contributed by atoms with Crippen LogP contribution < -0.4 is 0 Å². The number of rotatable bonds is 10. The summed E-state index contributed by atoms with van der Waals surface area (Å²) in [5.74, 6) is 0. The molecule has 2 rings (SSSR count). The Morgan fingerprint density at radius 3 is 0.974 bits per heavy atom. The van der Waals surface area contributed by atoms with E-state index >= 15 is 0 Å². The Bertz CT molecular complexity index is 934. The molecule has 6 nitrogen and oxygen atoms in total. The molecule has 0 spiro atoms. The molecule has 0 aliphatic carbocycles. The predicted octanol–water partition coefficient (Wildman–Crippen LogP) is 7.16. The van der Waals surface area contributed by atoms with Gasteiger partial charge in [-0.1, -0.05) is 78.1 Å². The largest absolute Gasteiger partial charge is 4.00 e. The standard InChI is InChI=1S/2C11H17.2CHF3O3S.Zr/c2*1-2-3-4-5-8-11-9-6-7-10-11;2*2-1(3,4)8(5,6)7;/h2*6-7,9-10H,2-5,8H2,1H3;2*(H,5,6,7);/q2*-1;;;+4/p-2. The van der Waals surface area contributed by atoms with Crippen molar-refractivity contribution in [3.8, 4) is 0 Å². The topological polar surface area (TPSA) is 114 Å². The second kappa shape index (κ2) is 21.7. The quantitative estimate of drug-likeness (QED) is 0.0862. The van der Waals surface area contributed by atoms with Crippen LogP contribution in [0.15, 0.2) is 48.5 Å². The second-order valence-electron chi connectivity index (χ2n) is 8.01. The molecule has 39 heavy (non-hydrogen) atoms. The Balaban J connectivity index is -0.000000445. The van der Waals surface area contributed by atoms with Crippen LogP contribution in [0.25, 0.3) is 0 Å². The van der Waals surface area contributed by atoms with E-state index in [1.165, 1.54) is 75.3 Å². The van der Waals surface area contributed by atoms with E-state index in [9.17, 15) is 26.3 Å². The zero-order chi connectivity index (χ0) is 29.9. The third kappa shape index (κ3) is 24.5. The number of alkyl halides is 6. The minimum absolute atomic E-state index is 0. The van der Waals surface area contributed by atoms with E-state index in [1.807, 2.05) is 0 Å². The van der Waals surface area contributed by atoms with Crippen LogP contribution >= 0.6 is 0 Å². The van der Waals surface area contributed by atoms with E-state index in [2.05, 4.69) is 62.4 Å². The zero-order valence-electron chi connectivity index (χ0n) is 21.7. The van der Waals surface area contributed by atoms with Gasteiger partial charge in [-0.3, -0.25) is 0 Å². The van der Waals surface area contributed by atoms with Crippen molar-refractivity contribution >= 4 is 20.2 Å². The molecule has 0 atom stereocenters. The van der Waals surface area contributed by atoms with Crippen LogP contribution in [0.3, 0.4) is 0 Å². The molecule has 0 aromatic heterocycles. The van der Waals surface area contributed by atoms with Gasteiger partial charge in [0.2, 0.25) is 0 Å². The van der Waals surface area contributed by atoms with Crippen LogP contribution in [0.2, 0.25) is 0 Å². The van der Waals surface area contributed by atoms with Crippen LogP contribution in [0, 0.1) is 0 Å². The fraction of sp³-hybridized carbons (Fsp3) is 0.583. The minimum Gasteiger partial charge on any atom is -0.741 e. The molecule has 0 saturated heterocycles. The molecule has 0 fully saturated rings. The first-order chi connectivity index (χ1) is 17.4. The van der Waals surface area contributed by atoms with Gasteiger partial charge >= 0.3 is 37.2 Å². The van der Waals surface area contributed by atoms with Gasteiger partial charge in [-0.25, -0.2) is 41.1 Å². The molecule has 0 aliphatic heterocycles. The van der Waals surface area contributed by atoms with Gasteiger partial charge in [0.1, 0.15) is 0 Å². The van der Waals surface area contributed by atoms with E-state index in [-0.39, 0.29) is 26.2 Å². The van der Waals surface area contributed by atoms with E-state index in [0.29, 0.717) is 0 Å². The number of halogens is 6. The Hall–Kier alpha value is -1.02. The molecule has 0 amide bonds. The summed E-state index contributed by atoms with van der Waals surface area (Å²) in [6.07, 6.45) is 13.5. The number of hydrogen-bond acceptors (Lipinski definition) is 6. The van der Waals surface area contributed by atoms with Gasteiger partial charge in [-0.2, -0.15) is 61.7 Å². The molecule has 15 heteroatoms. The summed E-state index contributed by atoms with van der Waals surface area (Å²) in [6, 6.07) is 17.3. The maximum Gasteiger partial charge on any atom is 4.00 e. The second-order valence-corrected chi connectivity index (χ2v) is 10.7. The van der Waals surface area contributed by atoms with Crippen LogP contribution in [0.4, 0.5) is 26.3 Å². The van der Waals surface area contributed by atoms with E-state index in [4.69, 9.17) is 25.9 Å². The fourth-order valence-electron chi connectivity index (χ4n) is 2.67. The Kier molecular flexibility index (Phi) is 23.6. The summed E-state index contributed by atoms with van der Waals surface area (Å²) in [5, 5.41) is 0. The first-order valence-electron chi connectivity index (χ1n) is 11.8. The molecule has 224 valence electrons. The molecular weight excluding hydrogens is 654 g/mol. The monoisotopic (exact) mass is 686 g/mol. The van der Waals surface area contributed by atoms with E-state index in [1.54, 1.807) is 0 Å². The van der Waals surface area contributed by atoms with Gasteiger partial charge < -0.3 is 9.11 Å². The minimum atomic E-state index is -6.09. The summed E-state index contributed by atoms with van der Waals surface area (Å²) >= 11 is 0.